The standard InChI is InChI=1S/C10H16F7O4P/c1-3-5-7(4-2,21-22(18,19)20)6-8(11,12)9(13,14)10(15,16)17/h3-6H2,1-2H3,(H2,18,19,20). The lowest BCUT2D eigenvalue weighted by Gasteiger charge is -2.38. The van der Waals surface area contributed by atoms with E-state index in [-0.39, 0.29) is 6.42 Å². The third-order valence-corrected chi connectivity index (χ3v) is 3.65. The second-order valence-corrected chi connectivity index (χ2v) is 5.99. The summed E-state index contributed by atoms with van der Waals surface area (Å²) in [5, 5.41) is 0. The zero-order chi connectivity index (χ0) is 18.0. The molecule has 0 aliphatic carbocycles. The monoisotopic (exact) mass is 364 g/mol. The number of hydrogen-bond acceptors (Lipinski definition) is 2. The quantitative estimate of drug-likeness (QED) is 0.499. The molecule has 1 unspecified atom stereocenters. The van der Waals surface area contributed by atoms with E-state index >= 15 is 0 Å². The summed E-state index contributed by atoms with van der Waals surface area (Å²) in [4.78, 5) is 17.4. The van der Waals surface area contributed by atoms with Gasteiger partial charge in [-0.1, -0.05) is 20.3 Å². The summed E-state index contributed by atoms with van der Waals surface area (Å²) in [6.07, 6.45) is -9.83. The summed E-state index contributed by atoms with van der Waals surface area (Å²) in [5.74, 6) is -11.9. The molecule has 1 atom stereocenters. The second kappa shape index (κ2) is 6.62. The Bertz CT molecular complexity index is 420. The van der Waals surface area contributed by atoms with Crippen LogP contribution in [0.25, 0.3) is 0 Å². The predicted octanol–water partition coefficient (Wildman–Crippen LogP) is 4.27. The molecule has 2 N–H and O–H groups in total. The van der Waals surface area contributed by atoms with Gasteiger partial charge in [-0.15, -0.1) is 0 Å². The van der Waals surface area contributed by atoms with E-state index in [0.29, 0.717) is 0 Å². The average Bonchev–Trinajstić information content (AvgIpc) is 2.24. The van der Waals surface area contributed by atoms with Crippen molar-refractivity contribution in [2.24, 2.45) is 0 Å². The Morgan fingerprint density at radius 1 is 1.00 bits per heavy atom. The molecule has 0 aromatic heterocycles. The molecule has 0 spiro atoms. The van der Waals surface area contributed by atoms with E-state index in [9.17, 15) is 35.3 Å². The van der Waals surface area contributed by atoms with E-state index < -0.39 is 50.7 Å². The lowest BCUT2D eigenvalue weighted by Crippen LogP contribution is -2.55. The van der Waals surface area contributed by atoms with Crippen LogP contribution >= 0.6 is 7.82 Å². The van der Waals surface area contributed by atoms with Crippen molar-refractivity contribution in [2.75, 3.05) is 0 Å². The van der Waals surface area contributed by atoms with Gasteiger partial charge in [0.2, 0.25) is 0 Å². The minimum Gasteiger partial charge on any atom is -0.303 e. The summed E-state index contributed by atoms with van der Waals surface area (Å²) in [7, 11) is -5.37. The fourth-order valence-electron chi connectivity index (χ4n) is 1.96. The van der Waals surface area contributed by atoms with Crippen LogP contribution < -0.4 is 0 Å². The molecule has 0 fully saturated rings. The van der Waals surface area contributed by atoms with Crippen LogP contribution in [0.4, 0.5) is 30.7 Å². The molecule has 0 radical (unpaired) electrons. The molecule has 0 aliphatic heterocycles. The van der Waals surface area contributed by atoms with E-state index in [4.69, 9.17) is 9.79 Å². The lowest BCUT2D eigenvalue weighted by atomic mass is 9.86. The lowest BCUT2D eigenvalue weighted by molar-refractivity contribution is -0.361. The summed E-state index contributed by atoms with van der Waals surface area (Å²) in [5.41, 5.74) is -2.51. The summed E-state index contributed by atoms with van der Waals surface area (Å²) in [6.45, 7) is 2.46. The van der Waals surface area contributed by atoms with Gasteiger partial charge in [0.15, 0.2) is 0 Å². The molecule has 0 saturated heterocycles. The predicted molar refractivity (Wildman–Crippen MR) is 61.6 cm³/mol. The Hall–Kier alpha value is -0.380. The second-order valence-electron chi connectivity index (χ2n) is 4.82. The van der Waals surface area contributed by atoms with Crippen LogP contribution in [0.15, 0.2) is 0 Å². The van der Waals surface area contributed by atoms with Gasteiger partial charge in [0.1, 0.15) is 0 Å². The molecule has 0 aromatic carbocycles. The van der Waals surface area contributed by atoms with Gasteiger partial charge in [-0.25, -0.2) is 4.57 Å². The molecular formula is C10H16F7O4P. The zero-order valence-electron chi connectivity index (χ0n) is 11.6. The molecule has 134 valence electrons. The minimum absolute atomic E-state index is 0.0263. The van der Waals surface area contributed by atoms with Crippen molar-refractivity contribution in [3.8, 4) is 0 Å². The largest absolute Gasteiger partial charge is 0.470 e. The Labute approximate surface area is 121 Å². The molecule has 12 heteroatoms. The van der Waals surface area contributed by atoms with Crippen molar-refractivity contribution in [1.29, 1.82) is 0 Å². The first-order valence-corrected chi connectivity index (χ1v) is 7.65. The number of phosphoric acid groups is 1. The van der Waals surface area contributed by atoms with Gasteiger partial charge >= 0.3 is 25.8 Å². The third kappa shape index (κ3) is 5.07. The van der Waals surface area contributed by atoms with Gasteiger partial charge in [-0.3, -0.25) is 4.52 Å². The number of halogens is 7. The van der Waals surface area contributed by atoms with Crippen LogP contribution in [0.3, 0.4) is 0 Å². The zero-order valence-corrected chi connectivity index (χ0v) is 12.5. The van der Waals surface area contributed by atoms with Gasteiger partial charge in [-0.2, -0.15) is 30.7 Å². The summed E-state index contributed by atoms with van der Waals surface area (Å²) < 4.78 is 104. The molecular weight excluding hydrogens is 348 g/mol. The van der Waals surface area contributed by atoms with E-state index in [1.54, 1.807) is 0 Å². The van der Waals surface area contributed by atoms with Crippen molar-refractivity contribution < 1.29 is 49.6 Å². The highest BCUT2D eigenvalue weighted by molar-refractivity contribution is 7.46. The van der Waals surface area contributed by atoms with E-state index in [1.165, 1.54) is 6.92 Å². The molecule has 22 heavy (non-hydrogen) atoms. The Morgan fingerprint density at radius 2 is 1.45 bits per heavy atom. The fourth-order valence-corrected chi connectivity index (χ4v) is 2.75. The Kier molecular flexibility index (Phi) is 6.51. The maximum Gasteiger partial charge on any atom is 0.470 e. The van der Waals surface area contributed by atoms with Crippen LogP contribution in [0.2, 0.25) is 0 Å². The normalized spacial score (nSPS) is 17.4. The number of rotatable bonds is 8. The van der Waals surface area contributed by atoms with Crippen LogP contribution in [0.5, 0.6) is 0 Å². The molecule has 0 aromatic rings. The molecule has 0 saturated carbocycles. The highest BCUT2D eigenvalue weighted by Crippen LogP contribution is 2.54. The molecule has 0 bridgehead atoms. The van der Waals surface area contributed by atoms with Crippen molar-refractivity contribution >= 4 is 7.82 Å². The van der Waals surface area contributed by atoms with Crippen LogP contribution in [-0.2, 0) is 9.09 Å². The first kappa shape index (κ1) is 21.6. The third-order valence-electron chi connectivity index (χ3n) is 3.02. The number of alkyl halides is 7. The van der Waals surface area contributed by atoms with Crippen molar-refractivity contribution in [3.05, 3.63) is 0 Å². The SMILES string of the molecule is CCCC(CC)(CC(F)(F)C(F)(F)C(F)(F)F)OP(=O)(O)O. The van der Waals surface area contributed by atoms with Gasteiger partial charge in [0, 0.05) is 6.42 Å². The van der Waals surface area contributed by atoms with Crippen LogP contribution in [0.1, 0.15) is 39.5 Å². The summed E-state index contributed by atoms with van der Waals surface area (Å²) >= 11 is 0. The topological polar surface area (TPSA) is 66.8 Å². The number of hydrogen-bond donors (Lipinski definition) is 2. The van der Waals surface area contributed by atoms with E-state index in [2.05, 4.69) is 4.52 Å². The molecule has 0 rings (SSSR count). The highest BCUT2D eigenvalue weighted by Gasteiger charge is 2.74. The van der Waals surface area contributed by atoms with Gasteiger partial charge in [0.25, 0.3) is 0 Å². The molecule has 0 heterocycles. The Morgan fingerprint density at radius 3 is 1.73 bits per heavy atom. The first-order chi connectivity index (χ1) is 9.54. The highest BCUT2D eigenvalue weighted by atomic mass is 31.2. The van der Waals surface area contributed by atoms with Crippen molar-refractivity contribution in [1.82, 2.24) is 0 Å². The molecule has 0 amide bonds. The van der Waals surface area contributed by atoms with Gasteiger partial charge < -0.3 is 9.79 Å². The first-order valence-electron chi connectivity index (χ1n) is 6.12. The van der Waals surface area contributed by atoms with Gasteiger partial charge in [-0.05, 0) is 12.8 Å². The van der Waals surface area contributed by atoms with Gasteiger partial charge in [0.05, 0.1) is 5.60 Å². The average molecular weight is 364 g/mol. The van der Waals surface area contributed by atoms with Crippen LogP contribution in [-0.4, -0.2) is 33.4 Å². The summed E-state index contributed by atoms with van der Waals surface area (Å²) in [6, 6.07) is 0. The molecule has 0 aliphatic rings. The Balaban J connectivity index is 5.68. The fraction of sp³-hybridized carbons (Fsp3) is 1.00. The van der Waals surface area contributed by atoms with Crippen molar-refractivity contribution in [3.63, 3.8) is 0 Å². The smallest absolute Gasteiger partial charge is 0.303 e. The minimum atomic E-state index is -6.51. The molecule has 4 nitrogen and oxygen atoms in total. The van der Waals surface area contributed by atoms with Crippen molar-refractivity contribution in [2.45, 2.75) is 63.2 Å². The maximum atomic E-state index is 13.5. The number of phosphoric ester groups is 1. The maximum absolute atomic E-state index is 13.5. The van der Waals surface area contributed by atoms with E-state index in [0.717, 1.165) is 6.92 Å². The van der Waals surface area contributed by atoms with Crippen LogP contribution in [0, 0.1) is 0 Å². The van der Waals surface area contributed by atoms with E-state index in [1.807, 2.05) is 0 Å².